The molecule has 1 atom stereocenters. The zero-order valence-electron chi connectivity index (χ0n) is 13.2. The van der Waals surface area contributed by atoms with Crippen molar-refractivity contribution in [1.29, 1.82) is 0 Å². The third-order valence-corrected chi connectivity index (χ3v) is 5.80. The Kier molecular flexibility index (Phi) is 5.65. The van der Waals surface area contributed by atoms with Crippen molar-refractivity contribution in [3.8, 4) is 0 Å². The molecule has 1 unspecified atom stereocenters. The second-order valence-electron chi connectivity index (χ2n) is 6.34. The van der Waals surface area contributed by atoms with E-state index in [-0.39, 0.29) is 12.1 Å². The molecule has 3 nitrogen and oxygen atoms in total. The van der Waals surface area contributed by atoms with Crippen LogP contribution in [-0.2, 0) is 0 Å². The van der Waals surface area contributed by atoms with E-state index in [1.54, 1.807) is 0 Å². The number of hydrogen-bond acceptors (Lipinski definition) is 2. The fourth-order valence-electron chi connectivity index (χ4n) is 3.59. The fourth-order valence-corrected chi connectivity index (χ4v) is 4.50. The van der Waals surface area contributed by atoms with E-state index in [9.17, 15) is 4.79 Å². The summed E-state index contributed by atoms with van der Waals surface area (Å²) in [5, 5.41) is 3.35. The van der Waals surface area contributed by atoms with E-state index in [0.717, 1.165) is 24.6 Å². The van der Waals surface area contributed by atoms with Crippen LogP contribution in [0.1, 0.15) is 43.7 Å². The smallest absolute Gasteiger partial charge is 0.317 e. The first-order chi connectivity index (χ1) is 10.8. The standard InChI is InChI=1S/C18H26N2OS/c21-18(20-11-13-22-14-12-20)19-17(15-7-3-1-4-8-15)16-9-5-2-6-10-16/h1,3-4,7-8,16-17H,2,5-6,9-14H2,(H,19,21). The number of carbonyl (C=O) groups is 1. The molecule has 1 aromatic rings. The molecule has 1 N–H and O–H groups in total. The number of nitrogens with zero attached hydrogens (tertiary/aromatic N) is 1. The summed E-state index contributed by atoms with van der Waals surface area (Å²) >= 11 is 1.94. The first-order valence-corrected chi connectivity index (χ1v) is 9.68. The van der Waals surface area contributed by atoms with Crippen LogP contribution in [-0.4, -0.2) is 35.5 Å². The van der Waals surface area contributed by atoms with Crippen molar-refractivity contribution in [1.82, 2.24) is 10.2 Å². The molecule has 1 aliphatic heterocycles. The molecule has 1 saturated heterocycles. The third-order valence-electron chi connectivity index (χ3n) is 4.86. The van der Waals surface area contributed by atoms with E-state index < -0.39 is 0 Å². The van der Waals surface area contributed by atoms with Crippen molar-refractivity contribution in [3.05, 3.63) is 35.9 Å². The topological polar surface area (TPSA) is 32.3 Å². The zero-order valence-corrected chi connectivity index (χ0v) is 14.0. The van der Waals surface area contributed by atoms with E-state index >= 15 is 0 Å². The third kappa shape index (κ3) is 3.97. The molecule has 3 rings (SSSR count). The van der Waals surface area contributed by atoms with Crippen molar-refractivity contribution in [2.75, 3.05) is 24.6 Å². The maximum atomic E-state index is 12.6. The van der Waals surface area contributed by atoms with Gasteiger partial charge in [-0.2, -0.15) is 11.8 Å². The predicted octanol–water partition coefficient (Wildman–Crippen LogP) is 4.07. The lowest BCUT2D eigenvalue weighted by atomic mass is 9.81. The first kappa shape index (κ1) is 15.7. The maximum Gasteiger partial charge on any atom is 0.317 e. The van der Waals surface area contributed by atoms with Crippen LogP contribution in [0.25, 0.3) is 0 Å². The molecule has 1 aliphatic carbocycles. The van der Waals surface area contributed by atoms with Gasteiger partial charge in [0.15, 0.2) is 0 Å². The van der Waals surface area contributed by atoms with E-state index in [1.807, 2.05) is 22.7 Å². The van der Waals surface area contributed by atoms with Crippen LogP contribution in [0.15, 0.2) is 30.3 Å². The van der Waals surface area contributed by atoms with Crippen LogP contribution in [0, 0.1) is 5.92 Å². The lowest BCUT2D eigenvalue weighted by Gasteiger charge is -2.34. The van der Waals surface area contributed by atoms with E-state index in [2.05, 4.69) is 29.6 Å². The molecule has 2 aliphatic rings. The van der Waals surface area contributed by atoms with Gasteiger partial charge in [-0.05, 0) is 24.3 Å². The number of benzene rings is 1. The summed E-state index contributed by atoms with van der Waals surface area (Å²) in [5.74, 6) is 2.71. The highest BCUT2D eigenvalue weighted by Crippen LogP contribution is 2.34. The highest BCUT2D eigenvalue weighted by Gasteiger charge is 2.28. The first-order valence-electron chi connectivity index (χ1n) is 8.53. The summed E-state index contributed by atoms with van der Waals surface area (Å²) in [6, 6.07) is 10.8. The lowest BCUT2D eigenvalue weighted by molar-refractivity contribution is 0.187. The number of amides is 2. The highest BCUT2D eigenvalue weighted by atomic mass is 32.2. The van der Waals surface area contributed by atoms with Crippen LogP contribution < -0.4 is 5.32 Å². The van der Waals surface area contributed by atoms with Crippen molar-refractivity contribution in [3.63, 3.8) is 0 Å². The molecule has 22 heavy (non-hydrogen) atoms. The SMILES string of the molecule is O=C(NC(c1ccccc1)C1CCCCC1)N1CCSCC1. The normalized spacial score (nSPS) is 21.4. The minimum atomic E-state index is 0.125. The van der Waals surface area contributed by atoms with Crippen molar-refractivity contribution in [2.24, 2.45) is 5.92 Å². The maximum absolute atomic E-state index is 12.6. The summed E-state index contributed by atoms with van der Waals surface area (Å²) in [6.45, 7) is 1.76. The van der Waals surface area contributed by atoms with Gasteiger partial charge in [-0.1, -0.05) is 49.6 Å². The second-order valence-corrected chi connectivity index (χ2v) is 7.56. The van der Waals surface area contributed by atoms with Gasteiger partial charge >= 0.3 is 6.03 Å². The largest absolute Gasteiger partial charge is 0.331 e. The van der Waals surface area contributed by atoms with Gasteiger partial charge in [0.1, 0.15) is 0 Å². The molecule has 4 heteroatoms. The summed E-state index contributed by atoms with van der Waals surface area (Å²) < 4.78 is 0. The van der Waals surface area contributed by atoms with Crippen molar-refractivity contribution in [2.45, 2.75) is 38.1 Å². The molecule has 0 spiro atoms. The van der Waals surface area contributed by atoms with Crippen molar-refractivity contribution < 1.29 is 4.79 Å². The molecule has 1 heterocycles. The number of thioether (sulfide) groups is 1. The molecule has 0 bridgehead atoms. The Morgan fingerprint density at radius 1 is 1.09 bits per heavy atom. The second kappa shape index (κ2) is 7.91. The number of nitrogens with one attached hydrogen (secondary N) is 1. The van der Waals surface area contributed by atoms with Crippen molar-refractivity contribution >= 4 is 17.8 Å². The molecule has 2 amide bonds. The number of carbonyl (C=O) groups excluding carboxylic acids is 1. The van der Waals surface area contributed by atoms with Crippen LogP contribution >= 0.6 is 11.8 Å². The number of rotatable bonds is 3. The summed E-state index contributed by atoms with van der Waals surface area (Å²) in [6.07, 6.45) is 6.40. The molecule has 120 valence electrons. The molecule has 0 radical (unpaired) electrons. The van der Waals surface area contributed by atoms with Crippen LogP contribution in [0.5, 0.6) is 0 Å². The van der Waals surface area contributed by atoms with Crippen LogP contribution in [0.4, 0.5) is 4.79 Å². The Balaban J connectivity index is 1.71. The Hall–Kier alpha value is -1.16. The minimum absolute atomic E-state index is 0.125. The Morgan fingerprint density at radius 3 is 2.45 bits per heavy atom. The fraction of sp³-hybridized carbons (Fsp3) is 0.611. The molecular weight excluding hydrogens is 292 g/mol. The van der Waals surface area contributed by atoms with Gasteiger partial charge in [-0.15, -0.1) is 0 Å². The monoisotopic (exact) mass is 318 g/mol. The minimum Gasteiger partial charge on any atom is -0.331 e. The Bertz CT molecular complexity index is 467. The van der Waals surface area contributed by atoms with Gasteiger partial charge in [0, 0.05) is 24.6 Å². The quantitative estimate of drug-likeness (QED) is 0.911. The molecule has 2 fully saturated rings. The highest BCUT2D eigenvalue weighted by molar-refractivity contribution is 7.99. The van der Waals surface area contributed by atoms with Gasteiger partial charge in [0.25, 0.3) is 0 Å². The molecular formula is C18H26N2OS. The molecule has 1 saturated carbocycles. The van der Waals surface area contributed by atoms with E-state index in [0.29, 0.717) is 5.92 Å². The Morgan fingerprint density at radius 2 is 1.77 bits per heavy atom. The number of hydrogen-bond donors (Lipinski definition) is 1. The average molecular weight is 318 g/mol. The van der Waals surface area contributed by atoms with Crippen LogP contribution in [0.2, 0.25) is 0 Å². The Labute approximate surface area is 137 Å². The van der Waals surface area contributed by atoms with E-state index in [4.69, 9.17) is 0 Å². The lowest BCUT2D eigenvalue weighted by Crippen LogP contribution is -2.47. The summed E-state index contributed by atoms with van der Waals surface area (Å²) in [7, 11) is 0. The summed E-state index contributed by atoms with van der Waals surface area (Å²) in [4.78, 5) is 14.6. The van der Waals surface area contributed by atoms with Gasteiger partial charge in [0.05, 0.1) is 6.04 Å². The average Bonchev–Trinajstić information content (AvgIpc) is 2.62. The predicted molar refractivity (Wildman–Crippen MR) is 93.2 cm³/mol. The number of urea groups is 1. The van der Waals surface area contributed by atoms with Gasteiger partial charge in [-0.25, -0.2) is 4.79 Å². The van der Waals surface area contributed by atoms with Crippen LogP contribution in [0.3, 0.4) is 0 Å². The molecule has 0 aromatic heterocycles. The van der Waals surface area contributed by atoms with Gasteiger partial charge < -0.3 is 10.2 Å². The van der Waals surface area contributed by atoms with Gasteiger partial charge in [0.2, 0.25) is 0 Å². The zero-order chi connectivity index (χ0) is 15.2. The van der Waals surface area contributed by atoms with Gasteiger partial charge in [-0.3, -0.25) is 0 Å². The molecule has 1 aromatic carbocycles. The summed E-state index contributed by atoms with van der Waals surface area (Å²) in [5.41, 5.74) is 1.26. The van der Waals surface area contributed by atoms with E-state index in [1.165, 1.54) is 37.7 Å².